The summed E-state index contributed by atoms with van der Waals surface area (Å²) in [6, 6.07) is 12.7. The van der Waals surface area contributed by atoms with Crippen LogP contribution >= 0.6 is 12.2 Å². The monoisotopic (exact) mass is 302 g/mol. The van der Waals surface area contributed by atoms with Crippen molar-refractivity contribution in [3.05, 3.63) is 59.4 Å². The van der Waals surface area contributed by atoms with Crippen LogP contribution in [0.4, 0.5) is 15.8 Å². The van der Waals surface area contributed by atoms with Gasteiger partial charge in [-0.05, 0) is 29.2 Å². The van der Waals surface area contributed by atoms with Crippen molar-refractivity contribution >= 4 is 28.6 Å². The predicted octanol–water partition coefficient (Wildman–Crippen LogP) is 4.50. The molecule has 2 nitrogen and oxygen atoms in total. The number of anilines is 2. The smallest absolute Gasteiger partial charge is 0.135 e. The van der Waals surface area contributed by atoms with E-state index < -0.39 is 5.82 Å². The predicted molar refractivity (Wildman–Crippen MR) is 90.7 cm³/mol. The van der Waals surface area contributed by atoms with Crippen LogP contribution in [0.5, 0.6) is 0 Å². The van der Waals surface area contributed by atoms with Crippen LogP contribution in [0.25, 0.3) is 0 Å². The second kappa shape index (κ2) is 5.82. The fraction of sp³-hybridized carbons (Fsp3) is 0.235. The van der Waals surface area contributed by atoms with E-state index in [1.807, 2.05) is 18.2 Å². The highest BCUT2D eigenvalue weighted by Crippen LogP contribution is 2.32. The van der Waals surface area contributed by atoms with Crippen LogP contribution < -0.4 is 11.1 Å². The molecule has 0 aliphatic rings. The summed E-state index contributed by atoms with van der Waals surface area (Å²) in [5.41, 5.74) is 8.51. The Morgan fingerprint density at radius 2 is 1.67 bits per heavy atom. The number of rotatable bonds is 3. The Kier molecular flexibility index (Phi) is 4.28. The van der Waals surface area contributed by atoms with Crippen molar-refractivity contribution in [1.82, 2.24) is 0 Å². The number of thiocarbonyl (C=S) groups is 1. The molecule has 0 aromatic heterocycles. The minimum atomic E-state index is -0.416. The number of para-hydroxylation sites is 1. The summed E-state index contributed by atoms with van der Waals surface area (Å²) in [7, 11) is 0. The Hall–Kier alpha value is -1.94. The third-order valence-electron chi connectivity index (χ3n) is 3.26. The van der Waals surface area contributed by atoms with Gasteiger partial charge in [-0.15, -0.1) is 0 Å². The van der Waals surface area contributed by atoms with Crippen molar-refractivity contribution in [1.29, 1.82) is 0 Å². The van der Waals surface area contributed by atoms with Crippen molar-refractivity contribution in [2.24, 2.45) is 5.73 Å². The average Bonchev–Trinajstić information content (AvgIpc) is 2.37. The van der Waals surface area contributed by atoms with Crippen LogP contribution in [0.2, 0.25) is 0 Å². The lowest BCUT2D eigenvalue weighted by Crippen LogP contribution is -2.16. The molecule has 2 rings (SSSR count). The molecule has 0 atom stereocenters. The molecular formula is C17H19FN2S. The van der Waals surface area contributed by atoms with E-state index in [1.54, 1.807) is 12.1 Å². The van der Waals surface area contributed by atoms with Crippen LogP contribution in [0, 0.1) is 5.82 Å². The van der Waals surface area contributed by atoms with E-state index in [4.69, 9.17) is 18.0 Å². The second-order valence-electron chi connectivity index (χ2n) is 5.95. The fourth-order valence-electron chi connectivity index (χ4n) is 2.27. The Labute approximate surface area is 130 Å². The number of nitrogens with two attached hydrogens (primary N) is 1. The van der Waals surface area contributed by atoms with Gasteiger partial charge in [-0.2, -0.15) is 0 Å². The molecule has 21 heavy (non-hydrogen) atoms. The molecule has 0 aliphatic carbocycles. The zero-order chi connectivity index (χ0) is 15.6. The Morgan fingerprint density at radius 1 is 1.05 bits per heavy atom. The first-order valence-corrected chi connectivity index (χ1v) is 7.16. The van der Waals surface area contributed by atoms with Gasteiger partial charge in [-0.3, -0.25) is 0 Å². The zero-order valence-corrected chi connectivity index (χ0v) is 13.2. The molecule has 0 fully saturated rings. The first-order valence-electron chi connectivity index (χ1n) is 6.75. The van der Waals surface area contributed by atoms with Crippen LogP contribution in [0.3, 0.4) is 0 Å². The topological polar surface area (TPSA) is 38.0 Å². The summed E-state index contributed by atoms with van der Waals surface area (Å²) < 4.78 is 13.9. The number of benzene rings is 2. The van der Waals surface area contributed by atoms with Crippen LogP contribution in [0.1, 0.15) is 31.9 Å². The molecule has 0 bridgehead atoms. The SMILES string of the molecule is CC(C)(C)c1ccccc1Nc1cccc(F)c1C(N)=S. The summed E-state index contributed by atoms with van der Waals surface area (Å²) in [6.45, 7) is 6.40. The molecule has 2 aromatic rings. The zero-order valence-electron chi connectivity index (χ0n) is 12.4. The maximum absolute atomic E-state index is 13.9. The molecule has 110 valence electrons. The molecule has 0 aliphatic heterocycles. The minimum absolute atomic E-state index is 0.0275. The van der Waals surface area contributed by atoms with Crippen molar-refractivity contribution in [2.45, 2.75) is 26.2 Å². The molecule has 2 aromatic carbocycles. The number of nitrogens with one attached hydrogen (secondary N) is 1. The van der Waals surface area contributed by atoms with Gasteiger partial charge in [0.15, 0.2) is 0 Å². The van der Waals surface area contributed by atoms with Gasteiger partial charge >= 0.3 is 0 Å². The van der Waals surface area contributed by atoms with Crippen LogP contribution in [-0.2, 0) is 5.41 Å². The van der Waals surface area contributed by atoms with Crippen molar-refractivity contribution < 1.29 is 4.39 Å². The summed E-state index contributed by atoms with van der Waals surface area (Å²) in [5, 5.41) is 3.26. The molecule has 0 heterocycles. The highest BCUT2D eigenvalue weighted by Gasteiger charge is 2.19. The minimum Gasteiger partial charge on any atom is -0.389 e. The summed E-state index contributed by atoms with van der Waals surface area (Å²) in [4.78, 5) is 0.0452. The second-order valence-corrected chi connectivity index (χ2v) is 6.39. The normalized spacial score (nSPS) is 11.2. The van der Waals surface area contributed by atoms with E-state index in [9.17, 15) is 4.39 Å². The van der Waals surface area contributed by atoms with E-state index in [1.165, 1.54) is 6.07 Å². The van der Waals surface area contributed by atoms with Crippen molar-refractivity contribution in [2.75, 3.05) is 5.32 Å². The van der Waals surface area contributed by atoms with Gasteiger partial charge in [0.1, 0.15) is 10.8 Å². The van der Waals surface area contributed by atoms with E-state index in [0.717, 1.165) is 11.3 Å². The Balaban J connectivity index is 2.50. The van der Waals surface area contributed by atoms with Gasteiger partial charge in [0.2, 0.25) is 0 Å². The highest BCUT2D eigenvalue weighted by atomic mass is 32.1. The Bertz CT molecular complexity index is 675. The summed E-state index contributed by atoms with van der Waals surface area (Å²) >= 11 is 4.96. The lowest BCUT2D eigenvalue weighted by molar-refractivity contribution is 0.592. The van der Waals surface area contributed by atoms with E-state index in [-0.39, 0.29) is 16.0 Å². The van der Waals surface area contributed by atoms with E-state index >= 15 is 0 Å². The van der Waals surface area contributed by atoms with E-state index in [0.29, 0.717) is 5.69 Å². The fourth-order valence-corrected chi connectivity index (χ4v) is 2.48. The maximum Gasteiger partial charge on any atom is 0.135 e. The number of hydrogen-bond acceptors (Lipinski definition) is 2. The molecule has 0 saturated carbocycles. The summed E-state index contributed by atoms with van der Waals surface area (Å²) in [5.74, 6) is -0.416. The molecule has 3 N–H and O–H groups in total. The van der Waals surface area contributed by atoms with Gasteiger partial charge in [-0.1, -0.05) is 57.3 Å². The lowest BCUT2D eigenvalue weighted by atomic mass is 9.85. The van der Waals surface area contributed by atoms with Gasteiger partial charge in [0, 0.05) is 5.69 Å². The van der Waals surface area contributed by atoms with Crippen LogP contribution in [0.15, 0.2) is 42.5 Å². The third-order valence-corrected chi connectivity index (χ3v) is 3.47. The number of hydrogen-bond donors (Lipinski definition) is 2. The summed E-state index contributed by atoms with van der Waals surface area (Å²) in [6.07, 6.45) is 0. The first-order chi connectivity index (χ1) is 9.80. The number of halogens is 1. The maximum atomic E-state index is 13.9. The molecule has 0 unspecified atom stereocenters. The van der Waals surface area contributed by atoms with Crippen molar-refractivity contribution in [3.8, 4) is 0 Å². The molecule has 4 heteroatoms. The van der Waals surface area contributed by atoms with Gasteiger partial charge in [0.05, 0.1) is 11.3 Å². The van der Waals surface area contributed by atoms with Crippen molar-refractivity contribution in [3.63, 3.8) is 0 Å². The highest BCUT2D eigenvalue weighted by molar-refractivity contribution is 7.80. The first kappa shape index (κ1) is 15.4. The molecule has 0 saturated heterocycles. The van der Waals surface area contributed by atoms with Crippen LogP contribution in [-0.4, -0.2) is 4.99 Å². The quantitative estimate of drug-likeness (QED) is 0.820. The molecular weight excluding hydrogens is 283 g/mol. The Morgan fingerprint density at radius 3 is 2.29 bits per heavy atom. The average molecular weight is 302 g/mol. The molecule has 0 amide bonds. The van der Waals surface area contributed by atoms with Gasteiger partial charge in [0.25, 0.3) is 0 Å². The van der Waals surface area contributed by atoms with Gasteiger partial charge < -0.3 is 11.1 Å². The molecule has 0 spiro atoms. The van der Waals surface area contributed by atoms with Gasteiger partial charge in [-0.25, -0.2) is 4.39 Å². The molecule has 0 radical (unpaired) electrons. The third kappa shape index (κ3) is 3.39. The largest absolute Gasteiger partial charge is 0.389 e. The lowest BCUT2D eigenvalue weighted by Gasteiger charge is -2.24. The standard InChI is InChI=1S/C17H19FN2S/c1-17(2,3)11-7-4-5-9-13(11)20-14-10-6-8-12(18)15(14)16(19)21/h4-10,20H,1-3H3,(H2,19,21). The van der Waals surface area contributed by atoms with E-state index in [2.05, 4.69) is 32.2 Å².